The van der Waals surface area contributed by atoms with Crippen LogP contribution in [0.15, 0.2) is 102 Å². The van der Waals surface area contributed by atoms with Crippen molar-refractivity contribution in [3.8, 4) is 17.2 Å². The SMILES string of the molecule is COc1cc(OC)c(OC)cc1/C=C(\NC(=O)c1ccccc1)C(=O)Nc1ccc(SC(C)C(=O)Nc2ccc(NC(C)=O)cc2)cc1. The molecule has 0 fully saturated rings. The first-order chi connectivity index (χ1) is 23.1. The van der Waals surface area contributed by atoms with E-state index in [0.717, 1.165) is 4.90 Å². The Kier molecular flexibility index (Phi) is 12.2. The number of anilines is 3. The predicted molar refractivity (Wildman–Crippen MR) is 188 cm³/mol. The minimum absolute atomic E-state index is 0.0387. The van der Waals surface area contributed by atoms with Gasteiger partial charge >= 0.3 is 0 Å². The Morgan fingerprint density at radius 1 is 0.688 bits per heavy atom. The zero-order valence-corrected chi connectivity index (χ0v) is 27.9. The van der Waals surface area contributed by atoms with Crippen LogP contribution in [0.2, 0.25) is 0 Å². The fourth-order valence-electron chi connectivity index (χ4n) is 4.42. The van der Waals surface area contributed by atoms with Crippen LogP contribution in [0.4, 0.5) is 17.1 Å². The summed E-state index contributed by atoms with van der Waals surface area (Å²) < 4.78 is 16.3. The fourth-order valence-corrected chi connectivity index (χ4v) is 5.29. The summed E-state index contributed by atoms with van der Waals surface area (Å²) in [6.07, 6.45) is 1.49. The monoisotopic (exact) mass is 668 g/mol. The quantitative estimate of drug-likeness (QED) is 0.0974. The number of hydrogen-bond donors (Lipinski definition) is 4. The zero-order valence-electron chi connectivity index (χ0n) is 27.1. The molecule has 0 aliphatic rings. The standard InChI is InChI=1S/C36H36N4O7S/c1-22(34(42)38-27-13-11-26(12-14-27)37-23(2)41)48-29-17-15-28(16-18-29)39-36(44)30(40-35(43)24-9-7-6-8-10-24)19-25-20-32(46-4)33(47-5)21-31(25)45-3/h6-22H,1-5H3,(H,37,41)(H,38,42)(H,39,44)(H,40,43)/b30-19-. The van der Waals surface area contributed by atoms with Crippen LogP contribution in [-0.4, -0.2) is 50.2 Å². The summed E-state index contributed by atoms with van der Waals surface area (Å²) in [5, 5.41) is 10.7. The number of carbonyl (C=O) groups excluding carboxylic acids is 4. The first kappa shape index (κ1) is 35.1. The van der Waals surface area contributed by atoms with Crippen molar-refractivity contribution in [1.29, 1.82) is 0 Å². The van der Waals surface area contributed by atoms with E-state index < -0.39 is 17.1 Å². The van der Waals surface area contributed by atoms with E-state index in [1.807, 2.05) is 0 Å². The molecule has 4 aromatic rings. The lowest BCUT2D eigenvalue weighted by atomic mass is 10.1. The first-order valence-electron chi connectivity index (χ1n) is 14.7. The van der Waals surface area contributed by atoms with Crippen LogP contribution in [0.1, 0.15) is 29.8 Å². The highest BCUT2D eigenvalue weighted by Gasteiger charge is 2.19. The Morgan fingerprint density at radius 3 is 1.81 bits per heavy atom. The Hall–Kier alpha value is -5.75. The summed E-state index contributed by atoms with van der Waals surface area (Å²) in [5.74, 6) is -0.174. The molecule has 0 radical (unpaired) electrons. The van der Waals surface area contributed by atoms with Gasteiger partial charge in [0.1, 0.15) is 11.4 Å². The molecule has 4 rings (SSSR count). The minimum atomic E-state index is -0.575. The van der Waals surface area contributed by atoms with Crippen molar-refractivity contribution in [2.24, 2.45) is 0 Å². The Labute approximate surface area is 283 Å². The third-order valence-corrected chi connectivity index (χ3v) is 7.94. The number of amides is 4. The van der Waals surface area contributed by atoms with E-state index in [1.54, 1.807) is 97.9 Å². The number of ether oxygens (including phenoxy) is 3. The van der Waals surface area contributed by atoms with E-state index in [-0.39, 0.29) is 17.5 Å². The second kappa shape index (κ2) is 16.7. The van der Waals surface area contributed by atoms with Gasteiger partial charge in [-0.25, -0.2) is 0 Å². The van der Waals surface area contributed by atoms with Gasteiger partial charge in [-0.15, -0.1) is 11.8 Å². The van der Waals surface area contributed by atoms with Gasteiger partial charge in [0.05, 0.1) is 26.6 Å². The maximum absolute atomic E-state index is 13.6. The molecule has 0 aliphatic carbocycles. The van der Waals surface area contributed by atoms with Crippen molar-refractivity contribution >= 4 is 58.5 Å². The van der Waals surface area contributed by atoms with Crippen molar-refractivity contribution in [2.45, 2.75) is 24.0 Å². The number of nitrogens with one attached hydrogen (secondary N) is 4. The number of hydrogen-bond acceptors (Lipinski definition) is 8. The molecule has 4 amide bonds. The van der Waals surface area contributed by atoms with Gasteiger partial charge in [0, 0.05) is 46.1 Å². The van der Waals surface area contributed by atoms with Crippen molar-refractivity contribution < 1.29 is 33.4 Å². The van der Waals surface area contributed by atoms with Crippen molar-refractivity contribution in [2.75, 3.05) is 37.3 Å². The van der Waals surface area contributed by atoms with E-state index >= 15 is 0 Å². The third kappa shape index (κ3) is 9.63. The van der Waals surface area contributed by atoms with Gasteiger partial charge in [0.15, 0.2) is 11.5 Å². The van der Waals surface area contributed by atoms with Crippen molar-refractivity contribution in [1.82, 2.24) is 5.32 Å². The molecule has 4 aromatic carbocycles. The van der Waals surface area contributed by atoms with E-state index in [9.17, 15) is 19.2 Å². The molecule has 0 saturated heterocycles. The van der Waals surface area contributed by atoms with Crippen LogP contribution in [0, 0.1) is 0 Å². The molecule has 0 spiro atoms. The zero-order chi connectivity index (χ0) is 34.6. The maximum Gasteiger partial charge on any atom is 0.272 e. The summed E-state index contributed by atoms with van der Waals surface area (Å²) in [5.41, 5.74) is 2.52. The van der Waals surface area contributed by atoms with Gasteiger partial charge < -0.3 is 35.5 Å². The largest absolute Gasteiger partial charge is 0.496 e. The lowest BCUT2D eigenvalue weighted by Gasteiger charge is -2.15. The Balaban J connectivity index is 1.48. The predicted octanol–water partition coefficient (Wildman–Crippen LogP) is 6.20. The molecule has 0 heterocycles. The topological polar surface area (TPSA) is 144 Å². The molecule has 4 N–H and O–H groups in total. The Morgan fingerprint density at radius 2 is 1.23 bits per heavy atom. The van der Waals surface area contributed by atoms with Crippen LogP contribution < -0.4 is 35.5 Å². The van der Waals surface area contributed by atoms with Gasteiger partial charge in [-0.05, 0) is 79.7 Å². The molecule has 0 aromatic heterocycles. The van der Waals surface area contributed by atoms with E-state index in [4.69, 9.17) is 14.2 Å². The number of carbonyl (C=O) groups is 4. The molecule has 0 saturated carbocycles. The summed E-state index contributed by atoms with van der Waals surface area (Å²) in [7, 11) is 4.48. The molecule has 11 nitrogen and oxygen atoms in total. The lowest BCUT2D eigenvalue weighted by molar-refractivity contribution is -0.115. The van der Waals surface area contributed by atoms with Gasteiger partial charge in [-0.2, -0.15) is 0 Å². The molecule has 0 aliphatic heterocycles. The van der Waals surface area contributed by atoms with Crippen LogP contribution in [-0.2, 0) is 14.4 Å². The second-order valence-electron chi connectivity index (χ2n) is 10.3. The minimum Gasteiger partial charge on any atom is -0.496 e. The molecule has 0 bridgehead atoms. The van der Waals surface area contributed by atoms with E-state index in [1.165, 1.54) is 46.1 Å². The molecule has 248 valence electrons. The molecular weight excluding hydrogens is 632 g/mol. The number of thioether (sulfide) groups is 1. The highest BCUT2D eigenvalue weighted by Crippen LogP contribution is 2.36. The third-order valence-electron chi connectivity index (χ3n) is 6.83. The molecule has 1 atom stereocenters. The van der Waals surface area contributed by atoms with Crippen LogP contribution >= 0.6 is 11.8 Å². The first-order valence-corrected chi connectivity index (χ1v) is 15.6. The van der Waals surface area contributed by atoms with Crippen LogP contribution in [0.5, 0.6) is 17.2 Å². The average molecular weight is 669 g/mol. The maximum atomic E-state index is 13.6. The second-order valence-corrected chi connectivity index (χ2v) is 11.7. The summed E-state index contributed by atoms with van der Waals surface area (Å²) >= 11 is 1.35. The molecular formula is C36H36N4O7S. The highest BCUT2D eigenvalue weighted by atomic mass is 32.2. The summed E-state index contributed by atoms with van der Waals surface area (Å²) in [6.45, 7) is 3.21. The highest BCUT2D eigenvalue weighted by molar-refractivity contribution is 8.00. The molecule has 1 unspecified atom stereocenters. The lowest BCUT2D eigenvalue weighted by Crippen LogP contribution is -2.30. The molecule has 48 heavy (non-hydrogen) atoms. The smallest absolute Gasteiger partial charge is 0.272 e. The summed E-state index contributed by atoms with van der Waals surface area (Å²) in [6, 6.07) is 25.6. The van der Waals surface area contributed by atoms with E-state index in [2.05, 4.69) is 21.3 Å². The van der Waals surface area contributed by atoms with Crippen LogP contribution in [0.3, 0.4) is 0 Å². The number of methoxy groups -OCH3 is 3. The summed E-state index contributed by atoms with van der Waals surface area (Å²) in [4.78, 5) is 51.5. The van der Waals surface area contributed by atoms with Crippen molar-refractivity contribution in [3.05, 3.63) is 108 Å². The van der Waals surface area contributed by atoms with Gasteiger partial charge in [0.2, 0.25) is 11.8 Å². The van der Waals surface area contributed by atoms with Gasteiger partial charge in [-0.3, -0.25) is 19.2 Å². The molecule has 12 heteroatoms. The Bertz CT molecular complexity index is 1790. The number of benzene rings is 4. The van der Waals surface area contributed by atoms with Crippen LogP contribution in [0.25, 0.3) is 6.08 Å². The normalized spacial score (nSPS) is 11.5. The number of rotatable bonds is 13. The van der Waals surface area contributed by atoms with Gasteiger partial charge in [0.25, 0.3) is 11.8 Å². The fraction of sp³-hybridized carbons (Fsp3) is 0.167. The average Bonchev–Trinajstić information content (AvgIpc) is 3.09. The van der Waals surface area contributed by atoms with Crippen molar-refractivity contribution in [3.63, 3.8) is 0 Å². The van der Waals surface area contributed by atoms with E-state index in [0.29, 0.717) is 45.4 Å². The van der Waals surface area contributed by atoms with Gasteiger partial charge in [-0.1, -0.05) is 18.2 Å².